The highest BCUT2D eigenvalue weighted by Crippen LogP contribution is 2.19. The fourth-order valence-corrected chi connectivity index (χ4v) is 1.80. The second kappa shape index (κ2) is 5.44. The third kappa shape index (κ3) is 3.04. The van der Waals surface area contributed by atoms with Gasteiger partial charge in [0.15, 0.2) is 0 Å². The number of carbonyl (C=O) groups is 1. The maximum atomic E-state index is 11.3. The van der Waals surface area contributed by atoms with Gasteiger partial charge in [0, 0.05) is 12.8 Å². The van der Waals surface area contributed by atoms with Crippen LogP contribution >= 0.6 is 0 Å². The van der Waals surface area contributed by atoms with Crippen molar-refractivity contribution in [2.45, 2.75) is 19.8 Å². The Balaban J connectivity index is 2.16. The summed E-state index contributed by atoms with van der Waals surface area (Å²) in [7, 11) is 0. The maximum Gasteiger partial charge on any atom is 0.136 e. The van der Waals surface area contributed by atoms with Crippen LogP contribution in [-0.2, 0) is 11.2 Å². The van der Waals surface area contributed by atoms with Crippen molar-refractivity contribution in [2.24, 2.45) is 0 Å². The Morgan fingerprint density at radius 1 is 0.882 bits per heavy atom. The second-order valence-electron chi connectivity index (χ2n) is 4.13. The van der Waals surface area contributed by atoms with Crippen LogP contribution in [0.2, 0.25) is 0 Å². The highest BCUT2D eigenvalue weighted by molar-refractivity contribution is 5.80. The number of Topliss-reactive ketones (excluding diaryl/α,β-unsaturated/α-hetero) is 1. The number of hydrogen-bond donors (Lipinski definition) is 0. The van der Waals surface area contributed by atoms with E-state index in [-0.39, 0.29) is 5.78 Å². The molecule has 0 radical (unpaired) electrons. The van der Waals surface area contributed by atoms with E-state index in [4.69, 9.17) is 0 Å². The zero-order valence-corrected chi connectivity index (χ0v) is 10.0. The Hall–Kier alpha value is -1.89. The van der Waals surface area contributed by atoms with E-state index in [2.05, 4.69) is 24.3 Å². The van der Waals surface area contributed by atoms with Gasteiger partial charge in [-0.2, -0.15) is 0 Å². The molecule has 0 aliphatic rings. The van der Waals surface area contributed by atoms with Gasteiger partial charge in [-0.1, -0.05) is 61.5 Å². The van der Waals surface area contributed by atoms with Gasteiger partial charge < -0.3 is 0 Å². The van der Waals surface area contributed by atoms with Crippen LogP contribution < -0.4 is 0 Å². The molecule has 0 saturated heterocycles. The summed E-state index contributed by atoms with van der Waals surface area (Å²) in [5.74, 6) is 0.289. The maximum absolute atomic E-state index is 11.3. The van der Waals surface area contributed by atoms with Crippen LogP contribution in [0.5, 0.6) is 0 Å². The molecule has 0 amide bonds. The van der Waals surface area contributed by atoms with Crippen LogP contribution in [0.15, 0.2) is 54.6 Å². The minimum Gasteiger partial charge on any atom is -0.299 e. The van der Waals surface area contributed by atoms with Crippen molar-refractivity contribution < 1.29 is 4.79 Å². The van der Waals surface area contributed by atoms with Crippen LogP contribution in [0.25, 0.3) is 11.1 Å². The number of carbonyl (C=O) groups excluding carboxylic acids is 1. The smallest absolute Gasteiger partial charge is 0.136 e. The monoisotopic (exact) mass is 224 g/mol. The summed E-state index contributed by atoms with van der Waals surface area (Å²) >= 11 is 0. The molecule has 0 aliphatic carbocycles. The molecule has 2 aromatic rings. The van der Waals surface area contributed by atoms with Gasteiger partial charge in [-0.05, 0) is 16.7 Å². The summed E-state index contributed by atoms with van der Waals surface area (Å²) in [5.41, 5.74) is 3.50. The molecule has 0 aromatic heterocycles. The van der Waals surface area contributed by atoms with Crippen LogP contribution in [-0.4, -0.2) is 5.78 Å². The lowest BCUT2D eigenvalue weighted by atomic mass is 10.0. The van der Waals surface area contributed by atoms with E-state index in [9.17, 15) is 4.79 Å². The molecular formula is C16H16O. The minimum atomic E-state index is 0.289. The topological polar surface area (TPSA) is 17.1 Å². The summed E-state index contributed by atoms with van der Waals surface area (Å²) in [6.07, 6.45) is 1.16. The first-order chi connectivity index (χ1) is 8.29. The van der Waals surface area contributed by atoms with E-state index >= 15 is 0 Å². The lowest BCUT2D eigenvalue weighted by Gasteiger charge is -2.03. The van der Waals surface area contributed by atoms with Crippen molar-refractivity contribution in [3.8, 4) is 11.1 Å². The van der Waals surface area contributed by atoms with Gasteiger partial charge >= 0.3 is 0 Å². The fraction of sp³-hybridized carbons (Fsp3) is 0.188. The molecule has 0 atom stereocenters. The molecule has 0 saturated carbocycles. The zero-order chi connectivity index (χ0) is 12.1. The van der Waals surface area contributed by atoms with E-state index < -0.39 is 0 Å². The molecule has 2 rings (SSSR count). The molecule has 0 aliphatic heterocycles. The van der Waals surface area contributed by atoms with Gasteiger partial charge in [-0.25, -0.2) is 0 Å². The molecule has 0 spiro atoms. The molecule has 17 heavy (non-hydrogen) atoms. The first-order valence-electron chi connectivity index (χ1n) is 5.95. The molecule has 86 valence electrons. The average Bonchev–Trinajstić information content (AvgIpc) is 2.40. The van der Waals surface area contributed by atoms with E-state index in [0.717, 1.165) is 5.56 Å². The SMILES string of the molecule is CCC(=O)Cc1ccc(-c2ccccc2)cc1. The van der Waals surface area contributed by atoms with Crippen molar-refractivity contribution in [2.75, 3.05) is 0 Å². The Morgan fingerprint density at radius 3 is 2.06 bits per heavy atom. The lowest BCUT2D eigenvalue weighted by molar-refractivity contribution is -0.118. The van der Waals surface area contributed by atoms with Crippen molar-refractivity contribution in [3.63, 3.8) is 0 Å². The van der Waals surface area contributed by atoms with Crippen LogP contribution in [0.1, 0.15) is 18.9 Å². The Labute approximate surface area is 102 Å². The molecular weight excluding hydrogens is 208 g/mol. The van der Waals surface area contributed by atoms with Gasteiger partial charge in [0.25, 0.3) is 0 Å². The molecule has 2 aromatic carbocycles. The third-order valence-electron chi connectivity index (χ3n) is 2.86. The fourth-order valence-electron chi connectivity index (χ4n) is 1.80. The van der Waals surface area contributed by atoms with Crippen LogP contribution in [0, 0.1) is 0 Å². The Morgan fingerprint density at radius 2 is 1.47 bits per heavy atom. The average molecular weight is 224 g/mol. The van der Waals surface area contributed by atoms with Crippen LogP contribution in [0.4, 0.5) is 0 Å². The highest BCUT2D eigenvalue weighted by Gasteiger charge is 2.01. The van der Waals surface area contributed by atoms with E-state index in [1.54, 1.807) is 0 Å². The predicted octanol–water partition coefficient (Wildman–Crippen LogP) is 3.88. The molecule has 1 nitrogen and oxygen atoms in total. The number of hydrogen-bond acceptors (Lipinski definition) is 1. The predicted molar refractivity (Wildman–Crippen MR) is 70.9 cm³/mol. The summed E-state index contributed by atoms with van der Waals surface area (Å²) in [4.78, 5) is 11.3. The normalized spacial score (nSPS) is 10.2. The van der Waals surface area contributed by atoms with E-state index in [0.29, 0.717) is 12.8 Å². The highest BCUT2D eigenvalue weighted by atomic mass is 16.1. The third-order valence-corrected chi connectivity index (χ3v) is 2.86. The van der Waals surface area contributed by atoms with Crippen molar-refractivity contribution in [1.29, 1.82) is 0 Å². The number of benzene rings is 2. The van der Waals surface area contributed by atoms with Crippen LogP contribution in [0.3, 0.4) is 0 Å². The molecule has 0 N–H and O–H groups in total. The number of rotatable bonds is 4. The van der Waals surface area contributed by atoms with Crippen molar-refractivity contribution in [1.82, 2.24) is 0 Å². The standard InChI is InChI=1S/C16H16O/c1-2-16(17)12-13-8-10-15(11-9-13)14-6-4-3-5-7-14/h3-11H,2,12H2,1H3. The first-order valence-corrected chi connectivity index (χ1v) is 5.95. The van der Waals surface area contributed by atoms with Crippen molar-refractivity contribution in [3.05, 3.63) is 60.2 Å². The van der Waals surface area contributed by atoms with Gasteiger partial charge in [-0.15, -0.1) is 0 Å². The molecule has 0 bridgehead atoms. The molecule has 1 heteroatoms. The van der Waals surface area contributed by atoms with Gasteiger partial charge in [-0.3, -0.25) is 4.79 Å². The second-order valence-corrected chi connectivity index (χ2v) is 4.13. The first kappa shape index (κ1) is 11.6. The van der Waals surface area contributed by atoms with E-state index in [1.165, 1.54) is 11.1 Å². The summed E-state index contributed by atoms with van der Waals surface area (Å²) in [6.45, 7) is 1.90. The summed E-state index contributed by atoms with van der Waals surface area (Å²) < 4.78 is 0. The quantitative estimate of drug-likeness (QED) is 0.770. The lowest BCUT2D eigenvalue weighted by Crippen LogP contribution is -1.99. The largest absolute Gasteiger partial charge is 0.299 e. The number of ketones is 1. The summed E-state index contributed by atoms with van der Waals surface area (Å²) in [5, 5.41) is 0. The van der Waals surface area contributed by atoms with Gasteiger partial charge in [0.2, 0.25) is 0 Å². The molecule has 0 heterocycles. The summed E-state index contributed by atoms with van der Waals surface area (Å²) in [6, 6.07) is 18.5. The Kier molecular flexibility index (Phi) is 3.71. The van der Waals surface area contributed by atoms with E-state index in [1.807, 2.05) is 37.3 Å². The minimum absolute atomic E-state index is 0.289. The molecule has 0 unspecified atom stereocenters. The molecule has 0 fully saturated rings. The zero-order valence-electron chi connectivity index (χ0n) is 10.0. The van der Waals surface area contributed by atoms with Gasteiger partial charge in [0.05, 0.1) is 0 Å². The van der Waals surface area contributed by atoms with Crippen molar-refractivity contribution >= 4 is 5.78 Å². The van der Waals surface area contributed by atoms with Gasteiger partial charge in [0.1, 0.15) is 5.78 Å². The Bertz CT molecular complexity index is 483.